The van der Waals surface area contributed by atoms with Gasteiger partial charge >= 0.3 is 5.97 Å². The van der Waals surface area contributed by atoms with Crippen LogP contribution in [0.4, 0.5) is 8.78 Å². The highest BCUT2D eigenvalue weighted by Crippen LogP contribution is 2.30. The zero-order chi connectivity index (χ0) is 11.7. The summed E-state index contributed by atoms with van der Waals surface area (Å²) in [4.78, 5) is 10.8. The Morgan fingerprint density at radius 2 is 1.73 bits per heavy atom. The van der Waals surface area contributed by atoms with E-state index in [1.165, 1.54) is 13.8 Å². The Hall–Kier alpha value is -1.65. The van der Waals surface area contributed by atoms with Crippen molar-refractivity contribution in [3.05, 3.63) is 28.3 Å². The molecule has 0 unspecified atom stereocenters. The summed E-state index contributed by atoms with van der Waals surface area (Å²) in [6, 6.07) is 0. The Morgan fingerprint density at radius 1 is 1.20 bits per heavy atom. The summed E-state index contributed by atoms with van der Waals surface area (Å²) >= 11 is 0. The average molecular weight is 216 g/mol. The fourth-order valence-electron chi connectivity index (χ4n) is 1.33. The summed E-state index contributed by atoms with van der Waals surface area (Å²) in [6.07, 6.45) is 0. The summed E-state index contributed by atoms with van der Waals surface area (Å²) in [6.45, 7) is 2.73. The molecule has 82 valence electrons. The van der Waals surface area contributed by atoms with Gasteiger partial charge < -0.3 is 9.84 Å². The van der Waals surface area contributed by atoms with Crippen molar-refractivity contribution in [3.8, 4) is 5.75 Å². The number of methoxy groups -OCH3 is 1. The molecule has 1 N–H and O–H groups in total. The largest absolute Gasteiger partial charge is 0.491 e. The molecule has 0 atom stereocenters. The lowest BCUT2D eigenvalue weighted by atomic mass is 10.0. The van der Waals surface area contributed by atoms with Crippen LogP contribution in [0.3, 0.4) is 0 Å². The molecule has 0 aliphatic carbocycles. The highest BCUT2D eigenvalue weighted by Gasteiger charge is 2.24. The summed E-state index contributed by atoms with van der Waals surface area (Å²) in [5, 5.41) is 8.76. The van der Waals surface area contributed by atoms with E-state index in [0.717, 1.165) is 7.11 Å². The minimum Gasteiger partial charge on any atom is -0.491 e. The van der Waals surface area contributed by atoms with Gasteiger partial charge in [0.25, 0.3) is 0 Å². The van der Waals surface area contributed by atoms with Crippen LogP contribution in [-0.2, 0) is 0 Å². The molecule has 0 spiro atoms. The molecule has 0 bridgehead atoms. The summed E-state index contributed by atoms with van der Waals surface area (Å²) < 4.78 is 31.4. The normalized spacial score (nSPS) is 10.2. The minimum atomic E-state index is -1.44. The molecule has 0 fully saturated rings. The lowest BCUT2D eigenvalue weighted by Gasteiger charge is -2.12. The molecule has 1 aromatic carbocycles. The van der Waals surface area contributed by atoms with Crippen molar-refractivity contribution in [2.45, 2.75) is 13.8 Å². The van der Waals surface area contributed by atoms with E-state index < -0.39 is 28.9 Å². The maximum Gasteiger partial charge on any atom is 0.339 e. The standard InChI is InChI=1S/C10H10F2O3/c1-4-5(2)7(11)9(15-3)8(12)6(4)10(13)14/h1-3H3,(H,13,14). The van der Waals surface area contributed by atoms with Crippen LogP contribution in [-0.4, -0.2) is 18.2 Å². The molecule has 0 aliphatic heterocycles. The first-order valence-electron chi connectivity index (χ1n) is 4.17. The monoisotopic (exact) mass is 216 g/mol. The van der Waals surface area contributed by atoms with Gasteiger partial charge in [-0.1, -0.05) is 0 Å². The van der Waals surface area contributed by atoms with Gasteiger partial charge in [-0.2, -0.15) is 0 Å². The molecule has 0 aliphatic rings. The van der Waals surface area contributed by atoms with Crippen molar-refractivity contribution in [1.82, 2.24) is 0 Å². The Bertz CT molecular complexity index is 427. The third-order valence-electron chi connectivity index (χ3n) is 2.30. The molecule has 3 nitrogen and oxygen atoms in total. The predicted molar refractivity (Wildman–Crippen MR) is 49.3 cm³/mol. The van der Waals surface area contributed by atoms with Crippen molar-refractivity contribution in [2.24, 2.45) is 0 Å². The Labute approximate surface area is 85.3 Å². The number of rotatable bonds is 2. The SMILES string of the molecule is COc1c(F)c(C)c(C)c(C(=O)O)c1F. The smallest absolute Gasteiger partial charge is 0.339 e. The lowest BCUT2D eigenvalue weighted by Crippen LogP contribution is -2.09. The molecule has 15 heavy (non-hydrogen) atoms. The first-order chi connectivity index (χ1) is 6.91. The average Bonchev–Trinajstić information content (AvgIpc) is 2.15. The number of carboxylic acid groups (broad SMARTS) is 1. The van der Waals surface area contributed by atoms with Crippen LogP contribution < -0.4 is 4.74 Å². The maximum atomic E-state index is 13.5. The van der Waals surface area contributed by atoms with Crippen LogP contribution in [0.1, 0.15) is 21.5 Å². The van der Waals surface area contributed by atoms with Gasteiger partial charge in [-0.25, -0.2) is 13.6 Å². The molecule has 0 radical (unpaired) electrons. The molecule has 0 amide bonds. The third kappa shape index (κ3) is 1.65. The predicted octanol–water partition coefficient (Wildman–Crippen LogP) is 2.29. The van der Waals surface area contributed by atoms with Crippen LogP contribution in [0.15, 0.2) is 0 Å². The van der Waals surface area contributed by atoms with Crippen molar-refractivity contribution in [1.29, 1.82) is 0 Å². The molecule has 0 aromatic heterocycles. The second kappa shape index (κ2) is 3.84. The van der Waals surface area contributed by atoms with Gasteiger partial charge in [-0.15, -0.1) is 0 Å². The number of hydrogen-bond acceptors (Lipinski definition) is 2. The number of halogens is 2. The molecule has 0 saturated heterocycles. The number of carboxylic acids is 1. The molecular formula is C10H10F2O3. The Morgan fingerprint density at radius 3 is 2.13 bits per heavy atom. The minimum absolute atomic E-state index is 0.0679. The van der Waals surface area contributed by atoms with E-state index in [-0.39, 0.29) is 11.1 Å². The van der Waals surface area contributed by atoms with Gasteiger partial charge in [-0.3, -0.25) is 0 Å². The van der Waals surface area contributed by atoms with Gasteiger partial charge in [0.15, 0.2) is 17.4 Å². The van der Waals surface area contributed by atoms with Crippen molar-refractivity contribution in [3.63, 3.8) is 0 Å². The topological polar surface area (TPSA) is 46.5 Å². The number of ether oxygens (including phenoxy) is 1. The highest BCUT2D eigenvalue weighted by molar-refractivity contribution is 5.90. The van der Waals surface area contributed by atoms with Gasteiger partial charge in [0.2, 0.25) is 0 Å². The van der Waals surface area contributed by atoms with Crippen molar-refractivity contribution >= 4 is 5.97 Å². The number of benzene rings is 1. The van der Waals surface area contributed by atoms with E-state index in [1.807, 2.05) is 0 Å². The van der Waals surface area contributed by atoms with Gasteiger partial charge in [0, 0.05) is 0 Å². The van der Waals surface area contributed by atoms with E-state index in [2.05, 4.69) is 4.74 Å². The van der Waals surface area contributed by atoms with E-state index >= 15 is 0 Å². The van der Waals surface area contributed by atoms with E-state index in [9.17, 15) is 13.6 Å². The first kappa shape index (κ1) is 11.4. The van der Waals surface area contributed by atoms with Crippen LogP contribution in [0, 0.1) is 25.5 Å². The zero-order valence-corrected chi connectivity index (χ0v) is 8.52. The van der Waals surface area contributed by atoms with Crippen LogP contribution in [0.25, 0.3) is 0 Å². The van der Waals surface area contributed by atoms with Gasteiger partial charge in [0.05, 0.1) is 7.11 Å². The fraction of sp³-hybridized carbons (Fsp3) is 0.300. The molecule has 1 aromatic rings. The van der Waals surface area contributed by atoms with Crippen LogP contribution >= 0.6 is 0 Å². The van der Waals surface area contributed by atoms with E-state index in [1.54, 1.807) is 0 Å². The van der Waals surface area contributed by atoms with E-state index in [0.29, 0.717) is 0 Å². The molecular weight excluding hydrogens is 206 g/mol. The summed E-state index contributed by atoms with van der Waals surface area (Å²) in [5.74, 6) is -4.13. The van der Waals surface area contributed by atoms with Gasteiger partial charge in [-0.05, 0) is 25.0 Å². The van der Waals surface area contributed by atoms with Crippen LogP contribution in [0.5, 0.6) is 5.75 Å². The number of hydrogen-bond donors (Lipinski definition) is 1. The van der Waals surface area contributed by atoms with Crippen molar-refractivity contribution in [2.75, 3.05) is 7.11 Å². The third-order valence-corrected chi connectivity index (χ3v) is 2.30. The maximum absolute atomic E-state index is 13.5. The second-order valence-corrected chi connectivity index (χ2v) is 3.09. The molecule has 5 heteroatoms. The second-order valence-electron chi connectivity index (χ2n) is 3.09. The van der Waals surface area contributed by atoms with E-state index in [4.69, 9.17) is 5.11 Å². The molecule has 1 rings (SSSR count). The summed E-state index contributed by atoms with van der Waals surface area (Å²) in [7, 11) is 1.09. The van der Waals surface area contributed by atoms with Gasteiger partial charge in [0.1, 0.15) is 5.56 Å². The number of carbonyl (C=O) groups is 1. The quantitative estimate of drug-likeness (QED) is 0.824. The molecule has 0 saturated carbocycles. The molecule has 0 heterocycles. The Balaban J connectivity index is 3.68. The van der Waals surface area contributed by atoms with Crippen molar-refractivity contribution < 1.29 is 23.4 Å². The number of aromatic carboxylic acids is 1. The fourth-order valence-corrected chi connectivity index (χ4v) is 1.33. The zero-order valence-electron chi connectivity index (χ0n) is 8.52. The lowest BCUT2D eigenvalue weighted by molar-refractivity contribution is 0.0689. The van der Waals surface area contributed by atoms with Crippen LogP contribution in [0.2, 0.25) is 0 Å². The summed E-state index contributed by atoms with van der Waals surface area (Å²) in [5.41, 5.74) is -0.408. The Kier molecular flexibility index (Phi) is 2.93. The first-order valence-corrected chi connectivity index (χ1v) is 4.17. The highest BCUT2D eigenvalue weighted by atomic mass is 19.1.